The second-order valence-electron chi connectivity index (χ2n) is 3.40. The Balaban J connectivity index is 1.92. The van der Waals surface area contributed by atoms with Crippen LogP contribution in [0.1, 0.15) is 18.4 Å². The molecule has 82 valence electrons. The van der Waals surface area contributed by atoms with Crippen LogP contribution in [0.3, 0.4) is 0 Å². The van der Waals surface area contributed by atoms with Crippen LogP contribution in [0, 0.1) is 5.92 Å². The Kier molecular flexibility index (Phi) is 3.27. The van der Waals surface area contributed by atoms with Gasteiger partial charge in [0.1, 0.15) is 5.01 Å². The first-order chi connectivity index (χ1) is 7.29. The number of nitrogens with zero attached hydrogens (tertiary/aromatic N) is 2. The van der Waals surface area contributed by atoms with Crippen molar-refractivity contribution in [1.82, 2.24) is 10.2 Å². The van der Waals surface area contributed by atoms with Crippen molar-refractivity contribution in [1.29, 1.82) is 0 Å². The van der Waals surface area contributed by atoms with Crippen LogP contribution in [-0.4, -0.2) is 29.3 Å². The van der Waals surface area contributed by atoms with Gasteiger partial charge in [0.25, 0.3) is 0 Å². The molecule has 1 aliphatic heterocycles. The molecular weight excluding hydrogens is 214 g/mol. The van der Waals surface area contributed by atoms with Crippen LogP contribution >= 0.6 is 11.3 Å². The summed E-state index contributed by atoms with van der Waals surface area (Å²) in [5.41, 5.74) is 0. The van der Waals surface area contributed by atoms with Gasteiger partial charge < -0.3 is 10.1 Å². The second kappa shape index (κ2) is 4.67. The molecule has 0 bridgehead atoms. The quantitative estimate of drug-likeness (QED) is 0.839. The van der Waals surface area contributed by atoms with E-state index in [2.05, 4.69) is 15.5 Å². The van der Waals surface area contributed by atoms with E-state index in [1.165, 1.54) is 11.3 Å². The summed E-state index contributed by atoms with van der Waals surface area (Å²) in [6, 6.07) is 0. The number of nitrogens with one attached hydrogen (secondary N) is 1. The number of carbonyl (C=O) groups is 1. The topological polar surface area (TPSA) is 64.1 Å². The first kappa shape index (κ1) is 10.5. The Morgan fingerprint density at radius 3 is 3.13 bits per heavy atom. The van der Waals surface area contributed by atoms with Crippen molar-refractivity contribution >= 4 is 22.4 Å². The number of hydrogen-bond acceptors (Lipinski definition) is 5. The van der Waals surface area contributed by atoms with Crippen LogP contribution in [0.4, 0.5) is 5.13 Å². The monoisotopic (exact) mass is 227 g/mol. The Morgan fingerprint density at radius 2 is 2.53 bits per heavy atom. The van der Waals surface area contributed by atoms with E-state index >= 15 is 0 Å². The zero-order valence-corrected chi connectivity index (χ0v) is 9.34. The molecule has 1 saturated heterocycles. The van der Waals surface area contributed by atoms with Gasteiger partial charge in [-0.1, -0.05) is 18.3 Å². The average molecular weight is 227 g/mol. The molecule has 1 atom stereocenters. The van der Waals surface area contributed by atoms with Gasteiger partial charge in [-0.15, -0.1) is 10.2 Å². The molecule has 0 saturated carbocycles. The lowest BCUT2D eigenvalue weighted by Gasteiger charge is -2.05. The largest absolute Gasteiger partial charge is 0.381 e. The van der Waals surface area contributed by atoms with E-state index < -0.39 is 0 Å². The van der Waals surface area contributed by atoms with Gasteiger partial charge in [-0.25, -0.2) is 0 Å². The van der Waals surface area contributed by atoms with E-state index in [1.54, 1.807) is 0 Å². The van der Waals surface area contributed by atoms with Crippen molar-refractivity contribution in [3.05, 3.63) is 5.01 Å². The molecule has 15 heavy (non-hydrogen) atoms. The third kappa shape index (κ3) is 2.51. The van der Waals surface area contributed by atoms with Gasteiger partial charge in [0.15, 0.2) is 0 Å². The number of anilines is 1. The maximum absolute atomic E-state index is 11.7. The van der Waals surface area contributed by atoms with Gasteiger partial charge in [-0.05, 0) is 12.8 Å². The van der Waals surface area contributed by atoms with Crippen LogP contribution in [0.5, 0.6) is 0 Å². The number of aromatic nitrogens is 2. The lowest BCUT2D eigenvalue weighted by Crippen LogP contribution is -2.22. The van der Waals surface area contributed by atoms with Crippen LogP contribution < -0.4 is 5.32 Å². The van der Waals surface area contributed by atoms with Crippen molar-refractivity contribution in [2.45, 2.75) is 19.8 Å². The first-order valence-corrected chi connectivity index (χ1v) is 5.82. The molecule has 2 heterocycles. The molecule has 1 N–H and O–H groups in total. The summed E-state index contributed by atoms with van der Waals surface area (Å²) >= 11 is 1.43. The van der Waals surface area contributed by atoms with Crippen LogP contribution in [-0.2, 0) is 16.0 Å². The van der Waals surface area contributed by atoms with Gasteiger partial charge in [-0.2, -0.15) is 0 Å². The fourth-order valence-electron chi connectivity index (χ4n) is 1.40. The molecule has 0 spiro atoms. The molecule has 1 aromatic heterocycles. The molecule has 6 heteroatoms. The number of ether oxygens (including phenoxy) is 1. The van der Waals surface area contributed by atoms with Gasteiger partial charge in [0.05, 0.1) is 12.5 Å². The summed E-state index contributed by atoms with van der Waals surface area (Å²) in [4.78, 5) is 11.7. The Morgan fingerprint density at radius 1 is 1.67 bits per heavy atom. The van der Waals surface area contributed by atoms with E-state index in [4.69, 9.17) is 4.74 Å². The third-order valence-electron chi connectivity index (χ3n) is 2.30. The minimum Gasteiger partial charge on any atom is -0.381 e. The SMILES string of the molecule is CCc1nnc(NC(=O)C2CCOC2)s1. The zero-order valence-electron chi connectivity index (χ0n) is 8.52. The maximum atomic E-state index is 11.7. The lowest BCUT2D eigenvalue weighted by molar-refractivity contribution is -0.119. The molecule has 1 amide bonds. The Labute approximate surface area is 91.9 Å². The van der Waals surface area contributed by atoms with E-state index in [0.29, 0.717) is 18.3 Å². The fourth-order valence-corrected chi connectivity index (χ4v) is 2.08. The van der Waals surface area contributed by atoms with Gasteiger partial charge in [0, 0.05) is 6.61 Å². The summed E-state index contributed by atoms with van der Waals surface area (Å²) in [7, 11) is 0. The molecular formula is C9H13N3O2S. The summed E-state index contributed by atoms with van der Waals surface area (Å²) in [5, 5.41) is 12.1. The zero-order chi connectivity index (χ0) is 10.7. The average Bonchev–Trinajstić information content (AvgIpc) is 2.87. The molecule has 0 aliphatic carbocycles. The van der Waals surface area contributed by atoms with E-state index in [9.17, 15) is 4.79 Å². The predicted molar refractivity (Wildman–Crippen MR) is 56.8 cm³/mol. The van der Waals surface area contributed by atoms with Crippen molar-refractivity contribution in [2.24, 2.45) is 5.92 Å². The molecule has 5 nitrogen and oxygen atoms in total. The van der Waals surface area contributed by atoms with Crippen molar-refractivity contribution in [3.8, 4) is 0 Å². The van der Waals surface area contributed by atoms with Crippen molar-refractivity contribution < 1.29 is 9.53 Å². The van der Waals surface area contributed by atoms with Crippen LogP contribution in [0.15, 0.2) is 0 Å². The molecule has 1 aromatic rings. The highest BCUT2D eigenvalue weighted by Crippen LogP contribution is 2.19. The lowest BCUT2D eigenvalue weighted by atomic mass is 10.1. The minimum atomic E-state index is -0.0287. The van der Waals surface area contributed by atoms with E-state index in [-0.39, 0.29) is 11.8 Å². The second-order valence-corrected chi connectivity index (χ2v) is 4.47. The smallest absolute Gasteiger partial charge is 0.231 e. The molecule has 0 aromatic carbocycles. The minimum absolute atomic E-state index is 0.00805. The van der Waals surface area contributed by atoms with Gasteiger partial charge >= 0.3 is 0 Å². The molecule has 0 radical (unpaired) electrons. The highest BCUT2D eigenvalue weighted by molar-refractivity contribution is 7.15. The highest BCUT2D eigenvalue weighted by Gasteiger charge is 2.24. The standard InChI is InChI=1S/C9H13N3O2S/c1-2-7-11-12-9(15-7)10-8(13)6-3-4-14-5-6/h6H,2-5H2,1H3,(H,10,12,13). The Hall–Kier alpha value is -1.01. The number of aryl methyl sites for hydroxylation is 1. The predicted octanol–water partition coefficient (Wildman–Crippen LogP) is 1.08. The maximum Gasteiger partial charge on any atom is 0.231 e. The van der Waals surface area contributed by atoms with Crippen molar-refractivity contribution in [3.63, 3.8) is 0 Å². The number of rotatable bonds is 3. The number of amides is 1. The summed E-state index contributed by atoms with van der Waals surface area (Å²) in [6.45, 7) is 3.20. The number of carbonyl (C=O) groups excluding carboxylic acids is 1. The summed E-state index contributed by atoms with van der Waals surface area (Å²) < 4.78 is 5.15. The van der Waals surface area contributed by atoms with Crippen LogP contribution in [0.25, 0.3) is 0 Å². The molecule has 1 unspecified atom stereocenters. The normalized spacial score (nSPS) is 20.5. The fraction of sp³-hybridized carbons (Fsp3) is 0.667. The van der Waals surface area contributed by atoms with E-state index in [1.807, 2.05) is 6.92 Å². The molecule has 1 aliphatic rings. The van der Waals surface area contributed by atoms with Crippen molar-refractivity contribution in [2.75, 3.05) is 18.5 Å². The molecule has 2 rings (SSSR count). The molecule has 1 fully saturated rings. The Bertz CT molecular complexity index is 347. The summed E-state index contributed by atoms with van der Waals surface area (Å²) in [5.74, 6) is -0.0368. The van der Waals surface area contributed by atoms with E-state index in [0.717, 1.165) is 17.8 Å². The van der Waals surface area contributed by atoms with Gasteiger partial charge in [0.2, 0.25) is 11.0 Å². The third-order valence-corrected chi connectivity index (χ3v) is 3.28. The first-order valence-electron chi connectivity index (χ1n) is 5.00. The highest BCUT2D eigenvalue weighted by atomic mass is 32.1. The summed E-state index contributed by atoms with van der Waals surface area (Å²) in [6.07, 6.45) is 1.64. The van der Waals surface area contributed by atoms with Crippen LogP contribution in [0.2, 0.25) is 0 Å². The number of hydrogen-bond donors (Lipinski definition) is 1. The van der Waals surface area contributed by atoms with Gasteiger partial charge in [-0.3, -0.25) is 4.79 Å².